The van der Waals surface area contributed by atoms with Gasteiger partial charge in [-0.05, 0) is 48.6 Å². The molecular formula is C21H21F2N3O3S. The Labute approximate surface area is 172 Å². The summed E-state index contributed by atoms with van der Waals surface area (Å²) in [7, 11) is -3.54. The Morgan fingerprint density at radius 1 is 1.03 bits per heavy atom. The number of fused-ring (bicyclic) bond motifs is 1. The van der Waals surface area contributed by atoms with E-state index in [4.69, 9.17) is 0 Å². The van der Waals surface area contributed by atoms with E-state index in [0.717, 1.165) is 0 Å². The van der Waals surface area contributed by atoms with Crippen LogP contribution in [-0.4, -0.2) is 35.4 Å². The van der Waals surface area contributed by atoms with Gasteiger partial charge < -0.3 is 0 Å². The van der Waals surface area contributed by atoms with Gasteiger partial charge >= 0.3 is 0 Å². The first kappa shape index (κ1) is 20.6. The zero-order valence-corrected chi connectivity index (χ0v) is 17.0. The van der Waals surface area contributed by atoms with Gasteiger partial charge in [-0.25, -0.2) is 26.5 Å². The maximum absolute atomic E-state index is 13.3. The van der Waals surface area contributed by atoms with Crippen molar-refractivity contribution in [2.24, 2.45) is 5.92 Å². The molecule has 0 bridgehead atoms. The molecule has 9 heteroatoms. The van der Waals surface area contributed by atoms with Gasteiger partial charge in [-0.1, -0.05) is 12.1 Å². The van der Waals surface area contributed by atoms with Crippen LogP contribution in [-0.2, 0) is 22.3 Å². The fraction of sp³-hybridized carbons (Fsp3) is 0.333. The summed E-state index contributed by atoms with van der Waals surface area (Å²) in [5.74, 6) is -1.01. The van der Waals surface area contributed by atoms with Crippen molar-refractivity contribution < 1.29 is 17.2 Å². The molecule has 0 amide bonds. The molecule has 0 atom stereocenters. The molecule has 158 valence electrons. The van der Waals surface area contributed by atoms with Gasteiger partial charge in [0.05, 0.1) is 23.0 Å². The molecular weight excluding hydrogens is 412 g/mol. The normalized spacial score (nSPS) is 16.2. The van der Waals surface area contributed by atoms with E-state index >= 15 is 0 Å². The third-order valence-electron chi connectivity index (χ3n) is 5.45. The second-order valence-corrected chi connectivity index (χ2v) is 9.56. The minimum atomic E-state index is -3.54. The molecule has 0 saturated carbocycles. The van der Waals surface area contributed by atoms with Crippen LogP contribution < -0.4 is 5.56 Å². The molecule has 6 nitrogen and oxygen atoms in total. The largest absolute Gasteiger partial charge is 0.298 e. The van der Waals surface area contributed by atoms with Crippen LogP contribution in [0.5, 0.6) is 0 Å². The summed E-state index contributed by atoms with van der Waals surface area (Å²) in [4.78, 5) is 16.8. The fourth-order valence-electron chi connectivity index (χ4n) is 3.84. The van der Waals surface area contributed by atoms with Gasteiger partial charge in [-0.3, -0.25) is 9.36 Å². The van der Waals surface area contributed by atoms with Crippen molar-refractivity contribution >= 4 is 20.9 Å². The second kappa shape index (κ2) is 8.23. The number of halogens is 2. The number of benzene rings is 2. The smallest absolute Gasteiger partial charge is 0.261 e. The third-order valence-corrected chi connectivity index (χ3v) is 7.30. The van der Waals surface area contributed by atoms with E-state index in [2.05, 4.69) is 4.98 Å². The van der Waals surface area contributed by atoms with Crippen LogP contribution in [0.15, 0.2) is 53.6 Å². The molecule has 0 unspecified atom stereocenters. The molecule has 30 heavy (non-hydrogen) atoms. The first-order valence-electron chi connectivity index (χ1n) is 9.69. The summed E-state index contributed by atoms with van der Waals surface area (Å²) in [5.41, 5.74) is 0.498. The van der Waals surface area contributed by atoms with Crippen molar-refractivity contribution in [3.8, 4) is 0 Å². The summed E-state index contributed by atoms with van der Waals surface area (Å²) in [5, 5.41) is 0.356. The topological polar surface area (TPSA) is 72.3 Å². The van der Waals surface area contributed by atoms with Gasteiger partial charge in [0, 0.05) is 25.7 Å². The average molecular weight is 433 g/mol. The van der Waals surface area contributed by atoms with Crippen molar-refractivity contribution in [3.63, 3.8) is 0 Å². The molecule has 1 fully saturated rings. The molecule has 3 aromatic rings. The summed E-state index contributed by atoms with van der Waals surface area (Å²) in [6.07, 6.45) is 2.63. The van der Waals surface area contributed by atoms with E-state index in [0.29, 0.717) is 48.9 Å². The first-order valence-corrected chi connectivity index (χ1v) is 11.3. The highest BCUT2D eigenvalue weighted by atomic mass is 32.2. The van der Waals surface area contributed by atoms with Crippen LogP contribution in [0.1, 0.15) is 18.4 Å². The molecule has 0 N–H and O–H groups in total. The summed E-state index contributed by atoms with van der Waals surface area (Å²) in [6.45, 7) is 1.13. The Kier molecular flexibility index (Phi) is 5.66. The Bertz CT molecular complexity index is 1240. The van der Waals surface area contributed by atoms with Gasteiger partial charge in [0.1, 0.15) is 11.6 Å². The number of rotatable bonds is 5. The SMILES string of the molecule is O=c1c2ccc(F)cc2ncn1CC1CCN(S(=O)(=O)Cc2cccc(F)c2)CC1. The molecule has 1 aliphatic rings. The second-order valence-electron chi connectivity index (χ2n) is 7.59. The molecule has 1 saturated heterocycles. The zero-order valence-electron chi connectivity index (χ0n) is 16.2. The lowest BCUT2D eigenvalue weighted by molar-refractivity contribution is 0.251. The van der Waals surface area contributed by atoms with Gasteiger partial charge in [-0.15, -0.1) is 0 Å². The van der Waals surface area contributed by atoms with Crippen molar-refractivity contribution in [3.05, 3.63) is 76.3 Å². The van der Waals surface area contributed by atoms with Crippen molar-refractivity contribution in [2.45, 2.75) is 25.1 Å². The number of sulfonamides is 1. The Balaban J connectivity index is 1.41. The number of hydrogen-bond donors (Lipinski definition) is 0. The predicted octanol–water partition coefficient (Wildman–Crippen LogP) is 2.92. The Morgan fingerprint density at radius 3 is 2.50 bits per heavy atom. The van der Waals surface area contributed by atoms with E-state index in [1.165, 1.54) is 51.6 Å². The summed E-state index contributed by atoms with van der Waals surface area (Å²) >= 11 is 0. The monoisotopic (exact) mass is 433 g/mol. The Hall–Kier alpha value is -2.65. The molecule has 2 heterocycles. The standard InChI is InChI=1S/C21H21F2N3O3S/c22-17-3-1-2-16(10-17)13-30(28,29)26-8-6-15(7-9-26)12-25-14-24-20-11-18(23)4-5-19(20)21(25)27/h1-5,10-11,14-15H,6-9,12-13H2. The van der Waals surface area contributed by atoms with Gasteiger partial charge in [-0.2, -0.15) is 0 Å². The number of piperidine rings is 1. The predicted molar refractivity (Wildman–Crippen MR) is 109 cm³/mol. The summed E-state index contributed by atoms with van der Waals surface area (Å²) in [6, 6.07) is 9.49. The zero-order chi connectivity index (χ0) is 21.3. The lowest BCUT2D eigenvalue weighted by Crippen LogP contribution is -2.40. The maximum atomic E-state index is 13.3. The highest BCUT2D eigenvalue weighted by molar-refractivity contribution is 7.88. The molecule has 0 aliphatic carbocycles. The molecule has 1 aromatic heterocycles. The minimum Gasteiger partial charge on any atom is -0.298 e. The molecule has 0 radical (unpaired) electrons. The van der Waals surface area contributed by atoms with Crippen LogP contribution >= 0.6 is 0 Å². The highest BCUT2D eigenvalue weighted by Crippen LogP contribution is 2.23. The number of nitrogens with zero attached hydrogens (tertiary/aromatic N) is 3. The van der Waals surface area contributed by atoms with Gasteiger partial charge in [0.15, 0.2) is 0 Å². The van der Waals surface area contributed by atoms with E-state index in [-0.39, 0.29) is 17.2 Å². The highest BCUT2D eigenvalue weighted by Gasteiger charge is 2.28. The number of aromatic nitrogens is 2. The van der Waals surface area contributed by atoms with E-state index in [1.54, 1.807) is 6.07 Å². The van der Waals surface area contributed by atoms with Gasteiger partial charge in [0.25, 0.3) is 5.56 Å². The lowest BCUT2D eigenvalue weighted by atomic mass is 9.98. The van der Waals surface area contributed by atoms with Gasteiger partial charge in [0.2, 0.25) is 10.0 Å². The van der Waals surface area contributed by atoms with E-state index < -0.39 is 21.7 Å². The quantitative estimate of drug-likeness (QED) is 0.620. The minimum absolute atomic E-state index is 0.128. The van der Waals surface area contributed by atoms with Crippen LogP contribution in [0.25, 0.3) is 10.9 Å². The third kappa shape index (κ3) is 4.41. The lowest BCUT2D eigenvalue weighted by Gasteiger charge is -2.31. The molecule has 4 rings (SSSR count). The van der Waals surface area contributed by atoms with Crippen LogP contribution in [0.3, 0.4) is 0 Å². The van der Waals surface area contributed by atoms with Crippen molar-refractivity contribution in [1.82, 2.24) is 13.9 Å². The van der Waals surface area contributed by atoms with E-state index in [9.17, 15) is 22.0 Å². The van der Waals surface area contributed by atoms with Crippen LogP contribution in [0, 0.1) is 17.6 Å². The van der Waals surface area contributed by atoms with Crippen LogP contribution in [0.4, 0.5) is 8.78 Å². The first-order chi connectivity index (χ1) is 14.3. The number of hydrogen-bond acceptors (Lipinski definition) is 4. The molecule has 2 aromatic carbocycles. The average Bonchev–Trinajstić information content (AvgIpc) is 2.70. The fourth-order valence-corrected chi connectivity index (χ4v) is 5.39. The van der Waals surface area contributed by atoms with Crippen LogP contribution in [0.2, 0.25) is 0 Å². The summed E-state index contributed by atoms with van der Waals surface area (Å²) < 4.78 is 54.9. The van der Waals surface area contributed by atoms with E-state index in [1.807, 2.05) is 0 Å². The molecule has 0 spiro atoms. The maximum Gasteiger partial charge on any atom is 0.261 e. The van der Waals surface area contributed by atoms with Crippen molar-refractivity contribution in [2.75, 3.05) is 13.1 Å². The van der Waals surface area contributed by atoms with Crippen molar-refractivity contribution in [1.29, 1.82) is 0 Å². The molecule has 1 aliphatic heterocycles. The Morgan fingerprint density at radius 2 is 1.77 bits per heavy atom.